The third kappa shape index (κ3) is 1.85. The van der Waals surface area contributed by atoms with Crippen molar-refractivity contribution in [1.82, 2.24) is 0 Å². The molecule has 114 valence electrons. The van der Waals surface area contributed by atoms with Gasteiger partial charge in [-0.1, -0.05) is 0 Å². The summed E-state index contributed by atoms with van der Waals surface area (Å²) in [4.78, 5) is 11.5. The Morgan fingerprint density at radius 3 is 2.55 bits per heavy atom. The molecule has 2 aromatic heterocycles. The lowest BCUT2D eigenvalue weighted by Gasteiger charge is -2.12. The van der Waals surface area contributed by atoms with Gasteiger partial charge in [-0.05, 0) is 39.0 Å². The number of ether oxygens (including phenoxy) is 2. The second-order valence-electron chi connectivity index (χ2n) is 6.35. The normalized spacial score (nSPS) is 23.0. The van der Waals surface area contributed by atoms with Gasteiger partial charge >= 0.3 is 5.63 Å². The van der Waals surface area contributed by atoms with E-state index in [1.54, 1.807) is 12.3 Å². The van der Waals surface area contributed by atoms with Crippen LogP contribution >= 0.6 is 0 Å². The van der Waals surface area contributed by atoms with E-state index in [1.165, 1.54) is 6.07 Å². The highest BCUT2D eigenvalue weighted by atomic mass is 16.7. The highest BCUT2D eigenvalue weighted by molar-refractivity contribution is 5.99. The first-order valence-corrected chi connectivity index (χ1v) is 7.17. The molecule has 0 unspecified atom stereocenters. The van der Waals surface area contributed by atoms with E-state index in [9.17, 15) is 4.79 Å². The monoisotopic (exact) mass is 300 g/mol. The molecule has 5 heteroatoms. The van der Waals surface area contributed by atoms with Gasteiger partial charge in [-0.15, -0.1) is 0 Å². The molecule has 0 aliphatic carbocycles. The van der Waals surface area contributed by atoms with Crippen LogP contribution in [0.5, 0.6) is 5.75 Å². The van der Waals surface area contributed by atoms with E-state index < -0.39 is 5.63 Å². The van der Waals surface area contributed by atoms with Crippen molar-refractivity contribution in [2.45, 2.75) is 32.0 Å². The Morgan fingerprint density at radius 2 is 1.82 bits per heavy atom. The minimum absolute atomic E-state index is 0.222. The van der Waals surface area contributed by atoms with Gasteiger partial charge in [0.2, 0.25) is 5.75 Å². The van der Waals surface area contributed by atoms with E-state index in [-0.39, 0.29) is 11.2 Å². The second kappa shape index (κ2) is 4.14. The Morgan fingerprint density at radius 1 is 1.09 bits per heavy atom. The van der Waals surface area contributed by atoms with Crippen LogP contribution < -0.4 is 10.4 Å². The van der Waals surface area contributed by atoms with Crippen molar-refractivity contribution in [3.8, 4) is 5.75 Å². The summed E-state index contributed by atoms with van der Waals surface area (Å²) in [6.45, 7) is 6.38. The van der Waals surface area contributed by atoms with Gasteiger partial charge in [0.05, 0.1) is 11.9 Å². The van der Waals surface area contributed by atoms with Crippen LogP contribution in [0, 0.1) is 0 Å². The standard InChI is InChI=1S/C17H16O5/c1-16(2)17(3,22-16)9-20-15-13-11(6-7-19-13)8-10-4-5-12(18)21-14(10)15/h4-8H,9H2,1-3H3/t17-/m0/s1. The summed E-state index contributed by atoms with van der Waals surface area (Å²) in [7, 11) is 0. The maximum Gasteiger partial charge on any atom is 0.336 e. The van der Waals surface area contributed by atoms with Gasteiger partial charge in [0.25, 0.3) is 0 Å². The summed E-state index contributed by atoms with van der Waals surface area (Å²) >= 11 is 0. The van der Waals surface area contributed by atoms with Crippen molar-refractivity contribution >= 4 is 21.9 Å². The quantitative estimate of drug-likeness (QED) is 0.547. The summed E-state index contributed by atoms with van der Waals surface area (Å²) in [5.41, 5.74) is -0.0254. The lowest BCUT2D eigenvalue weighted by atomic mass is 9.99. The molecule has 0 saturated carbocycles. The first-order chi connectivity index (χ1) is 10.4. The molecule has 0 amide bonds. The Hall–Kier alpha value is -2.27. The van der Waals surface area contributed by atoms with E-state index in [1.807, 2.05) is 32.9 Å². The van der Waals surface area contributed by atoms with E-state index in [0.29, 0.717) is 23.5 Å². The van der Waals surface area contributed by atoms with Crippen LogP contribution in [0.1, 0.15) is 20.8 Å². The molecular weight excluding hydrogens is 284 g/mol. The van der Waals surface area contributed by atoms with Crippen LogP contribution in [0.4, 0.5) is 0 Å². The molecule has 5 nitrogen and oxygen atoms in total. The van der Waals surface area contributed by atoms with Crippen LogP contribution in [0.15, 0.2) is 44.2 Å². The molecule has 0 N–H and O–H groups in total. The Balaban J connectivity index is 1.84. The number of hydrogen-bond acceptors (Lipinski definition) is 5. The fourth-order valence-corrected chi connectivity index (χ4v) is 2.69. The van der Waals surface area contributed by atoms with Gasteiger partial charge in [-0.3, -0.25) is 0 Å². The van der Waals surface area contributed by atoms with Crippen LogP contribution in [0.2, 0.25) is 0 Å². The van der Waals surface area contributed by atoms with Crippen molar-refractivity contribution < 1.29 is 18.3 Å². The number of fused-ring (bicyclic) bond motifs is 2. The minimum Gasteiger partial charge on any atom is -0.483 e. The molecule has 1 aliphatic rings. The Kier molecular flexibility index (Phi) is 2.52. The van der Waals surface area contributed by atoms with E-state index >= 15 is 0 Å². The predicted octanol–water partition coefficient (Wildman–Crippen LogP) is 3.49. The van der Waals surface area contributed by atoms with Crippen LogP contribution in [-0.2, 0) is 4.74 Å². The lowest BCUT2D eigenvalue weighted by Crippen LogP contribution is -2.25. The molecule has 1 saturated heterocycles. The molecule has 3 heterocycles. The van der Waals surface area contributed by atoms with Crippen LogP contribution in [0.3, 0.4) is 0 Å². The van der Waals surface area contributed by atoms with Gasteiger partial charge in [-0.25, -0.2) is 4.79 Å². The zero-order valence-corrected chi connectivity index (χ0v) is 12.6. The fraction of sp³-hybridized carbons (Fsp3) is 0.353. The number of furan rings is 1. The maximum atomic E-state index is 11.5. The van der Waals surface area contributed by atoms with Gasteiger partial charge in [0.1, 0.15) is 12.2 Å². The van der Waals surface area contributed by atoms with Crippen molar-refractivity contribution in [2.75, 3.05) is 6.61 Å². The molecule has 0 bridgehead atoms. The summed E-state index contributed by atoms with van der Waals surface area (Å²) < 4.78 is 22.5. The molecule has 1 aliphatic heterocycles. The summed E-state index contributed by atoms with van der Waals surface area (Å²) in [5.74, 6) is 0.447. The molecule has 1 aromatic carbocycles. The largest absolute Gasteiger partial charge is 0.483 e. The van der Waals surface area contributed by atoms with Crippen molar-refractivity contribution in [3.63, 3.8) is 0 Å². The van der Waals surface area contributed by atoms with E-state index in [0.717, 1.165) is 10.8 Å². The van der Waals surface area contributed by atoms with Crippen molar-refractivity contribution in [3.05, 3.63) is 40.9 Å². The fourth-order valence-electron chi connectivity index (χ4n) is 2.69. The topological polar surface area (TPSA) is 65.1 Å². The number of epoxide rings is 1. The third-order valence-electron chi connectivity index (χ3n) is 4.49. The van der Waals surface area contributed by atoms with Gasteiger partial charge in [-0.2, -0.15) is 0 Å². The number of benzene rings is 1. The molecule has 0 spiro atoms. The maximum absolute atomic E-state index is 11.5. The summed E-state index contributed by atoms with van der Waals surface area (Å²) in [6, 6.07) is 6.88. The summed E-state index contributed by atoms with van der Waals surface area (Å²) in [5, 5.41) is 1.70. The summed E-state index contributed by atoms with van der Waals surface area (Å²) in [6.07, 6.45) is 1.59. The smallest absolute Gasteiger partial charge is 0.336 e. The lowest BCUT2D eigenvalue weighted by molar-refractivity contribution is 0.199. The van der Waals surface area contributed by atoms with Crippen LogP contribution in [-0.4, -0.2) is 17.8 Å². The van der Waals surface area contributed by atoms with Gasteiger partial charge in [0, 0.05) is 16.8 Å². The van der Waals surface area contributed by atoms with Crippen molar-refractivity contribution in [1.29, 1.82) is 0 Å². The van der Waals surface area contributed by atoms with Gasteiger partial charge in [0.15, 0.2) is 11.2 Å². The highest BCUT2D eigenvalue weighted by Gasteiger charge is 2.60. The second-order valence-corrected chi connectivity index (χ2v) is 6.35. The van der Waals surface area contributed by atoms with Crippen LogP contribution in [0.25, 0.3) is 21.9 Å². The first-order valence-electron chi connectivity index (χ1n) is 7.17. The molecule has 0 radical (unpaired) electrons. The number of rotatable bonds is 3. The van der Waals surface area contributed by atoms with Crippen molar-refractivity contribution in [2.24, 2.45) is 0 Å². The average Bonchev–Trinajstić information content (AvgIpc) is 2.81. The first kappa shape index (κ1) is 13.4. The average molecular weight is 300 g/mol. The van der Waals surface area contributed by atoms with E-state index in [4.69, 9.17) is 18.3 Å². The predicted molar refractivity (Wildman–Crippen MR) is 81.3 cm³/mol. The van der Waals surface area contributed by atoms with E-state index in [2.05, 4.69) is 0 Å². The molecule has 3 aromatic rings. The van der Waals surface area contributed by atoms with Gasteiger partial charge < -0.3 is 18.3 Å². The molecule has 22 heavy (non-hydrogen) atoms. The SMILES string of the molecule is CC1(C)O[C@@]1(C)COc1c2occc2cc2ccc(=O)oc12. The third-order valence-corrected chi connectivity index (χ3v) is 4.49. The Bertz CT molecular complexity index is 933. The Labute approximate surface area is 126 Å². The zero-order chi connectivity index (χ0) is 15.5. The molecule has 1 atom stereocenters. The molecule has 1 fully saturated rings. The number of hydrogen-bond donors (Lipinski definition) is 0. The zero-order valence-electron chi connectivity index (χ0n) is 12.6. The highest BCUT2D eigenvalue weighted by Crippen LogP contribution is 2.48. The molecular formula is C17H16O5. The minimum atomic E-state index is -0.419. The molecule has 4 rings (SSSR count).